The molecule has 0 aliphatic heterocycles. The van der Waals surface area contributed by atoms with E-state index >= 15 is 0 Å². The average Bonchev–Trinajstić information content (AvgIpc) is 3.23. The lowest BCUT2D eigenvalue weighted by atomic mass is 10.1. The molecule has 1 atom stereocenters. The molecule has 0 aliphatic rings. The zero-order chi connectivity index (χ0) is 20.3. The number of benzene rings is 1. The lowest BCUT2D eigenvalue weighted by molar-refractivity contribution is 0.0942. The number of rotatable bonds is 7. The lowest BCUT2D eigenvalue weighted by Gasteiger charge is -2.16. The lowest BCUT2D eigenvalue weighted by Crippen LogP contribution is -2.41. The van der Waals surface area contributed by atoms with Gasteiger partial charge in [0, 0.05) is 30.1 Å². The molecule has 148 valence electrons. The summed E-state index contributed by atoms with van der Waals surface area (Å²) >= 11 is 1.46. The van der Waals surface area contributed by atoms with Gasteiger partial charge in [0.2, 0.25) is 0 Å². The quantitative estimate of drug-likeness (QED) is 0.638. The molecule has 1 aromatic carbocycles. The van der Waals surface area contributed by atoms with E-state index in [1.54, 1.807) is 6.07 Å². The fourth-order valence-electron chi connectivity index (χ4n) is 3.32. The van der Waals surface area contributed by atoms with Crippen LogP contribution < -0.4 is 11.1 Å². The topological polar surface area (TPSA) is 72.9 Å². The van der Waals surface area contributed by atoms with Crippen molar-refractivity contribution in [2.24, 2.45) is 12.8 Å². The van der Waals surface area contributed by atoms with E-state index in [-0.39, 0.29) is 24.3 Å². The highest BCUT2D eigenvalue weighted by Gasteiger charge is 2.20. The van der Waals surface area contributed by atoms with Gasteiger partial charge in [-0.05, 0) is 49.1 Å². The van der Waals surface area contributed by atoms with E-state index in [0.717, 1.165) is 33.7 Å². The standard InChI is InChI=1S/C21H25FN4OS/c1-4-15-12-24-26(3)20(15)18-10-19(28-13(18)2)21(27)25-17(11-23)9-14-6-5-7-16(22)8-14/h5-8,10,12,17H,4,9,11,23H2,1-3H3,(H,25,27)/t17-/m0/s1. The molecule has 0 fully saturated rings. The van der Waals surface area contributed by atoms with Crippen LogP contribution >= 0.6 is 11.3 Å². The molecule has 1 amide bonds. The number of aryl methyl sites for hydroxylation is 3. The summed E-state index contributed by atoms with van der Waals surface area (Å²) in [5.41, 5.74) is 9.87. The Bertz CT molecular complexity index is 979. The van der Waals surface area contributed by atoms with E-state index in [1.165, 1.54) is 23.5 Å². The molecule has 0 saturated carbocycles. The Morgan fingerprint density at radius 1 is 1.39 bits per heavy atom. The van der Waals surface area contributed by atoms with Crippen LogP contribution in [0.25, 0.3) is 11.3 Å². The second-order valence-electron chi connectivity index (χ2n) is 6.82. The van der Waals surface area contributed by atoms with Gasteiger partial charge >= 0.3 is 0 Å². The summed E-state index contributed by atoms with van der Waals surface area (Å²) in [5, 5.41) is 7.33. The van der Waals surface area contributed by atoms with Gasteiger partial charge in [-0.1, -0.05) is 19.1 Å². The second kappa shape index (κ2) is 8.67. The molecule has 2 aromatic heterocycles. The maximum atomic E-state index is 13.4. The maximum Gasteiger partial charge on any atom is 0.261 e. The van der Waals surface area contributed by atoms with Gasteiger partial charge < -0.3 is 11.1 Å². The zero-order valence-corrected chi connectivity index (χ0v) is 17.1. The van der Waals surface area contributed by atoms with Gasteiger partial charge in [0.1, 0.15) is 5.82 Å². The first-order valence-electron chi connectivity index (χ1n) is 9.30. The van der Waals surface area contributed by atoms with Gasteiger partial charge in [0.05, 0.1) is 16.8 Å². The number of hydrogen-bond donors (Lipinski definition) is 2. The molecule has 0 unspecified atom stereocenters. The molecule has 5 nitrogen and oxygen atoms in total. The van der Waals surface area contributed by atoms with E-state index < -0.39 is 0 Å². The third-order valence-electron chi connectivity index (χ3n) is 4.78. The molecule has 3 N–H and O–H groups in total. The van der Waals surface area contributed by atoms with Crippen LogP contribution in [0.3, 0.4) is 0 Å². The van der Waals surface area contributed by atoms with Gasteiger partial charge in [-0.3, -0.25) is 9.48 Å². The van der Waals surface area contributed by atoms with Gasteiger partial charge in [-0.25, -0.2) is 4.39 Å². The van der Waals surface area contributed by atoms with Gasteiger partial charge in [0.25, 0.3) is 5.91 Å². The Hall–Kier alpha value is -2.51. The van der Waals surface area contributed by atoms with E-state index in [0.29, 0.717) is 11.3 Å². The third-order valence-corrected chi connectivity index (χ3v) is 5.83. The van der Waals surface area contributed by atoms with Crippen molar-refractivity contribution in [2.45, 2.75) is 32.7 Å². The third kappa shape index (κ3) is 4.31. The molecule has 0 aliphatic carbocycles. The SMILES string of the molecule is CCc1cnn(C)c1-c1cc(C(=O)N[C@H](CN)Cc2cccc(F)c2)sc1C. The Morgan fingerprint density at radius 3 is 2.86 bits per heavy atom. The van der Waals surface area contributed by atoms with Crippen molar-refractivity contribution < 1.29 is 9.18 Å². The highest BCUT2D eigenvalue weighted by atomic mass is 32.1. The summed E-state index contributed by atoms with van der Waals surface area (Å²) in [6, 6.07) is 8.02. The van der Waals surface area contributed by atoms with E-state index in [2.05, 4.69) is 17.3 Å². The van der Waals surface area contributed by atoms with Crippen LogP contribution in [0.5, 0.6) is 0 Å². The van der Waals surface area contributed by atoms with Gasteiger partial charge in [-0.2, -0.15) is 5.10 Å². The normalized spacial score (nSPS) is 12.2. The summed E-state index contributed by atoms with van der Waals surface area (Å²) in [6.07, 6.45) is 3.23. The Labute approximate surface area is 168 Å². The largest absolute Gasteiger partial charge is 0.347 e. The summed E-state index contributed by atoms with van der Waals surface area (Å²) in [4.78, 5) is 14.5. The van der Waals surface area contributed by atoms with Crippen molar-refractivity contribution in [3.63, 3.8) is 0 Å². The van der Waals surface area contributed by atoms with Crippen molar-refractivity contribution in [3.8, 4) is 11.3 Å². The predicted octanol–water partition coefficient (Wildman–Crippen LogP) is 3.46. The molecule has 7 heteroatoms. The van der Waals surface area contributed by atoms with Crippen LogP contribution in [-0.2, 0) is 19.9 Å². The minimum absolute atomic E-state index is 0.161. The van der Waals surface area contributed by atoms with E-state index in [1.807, 2.05) is 37.0 Å². The number of nitrogens with one attached hydrogen (secondary N) is 1. The molecule has 2 heterocycles. The fourth-order valence-corrected chi connectivity index (χ4v) is 4.24. The molecule has 0 spiro atoms. The number of carbonyl (C=O) groups is 1. The van der Waals surface area contributed by atoms with Crippen molar-refractivity contribution in [1.82, 2.24) is 15.1 Å². The van der Waals surface area contributed by atoms with Crippen LogP contribution in [0.2, 0.25) is 0 Å². The first-order chi connectivity index (χ1) is 13.4. The van der Waals surface area contributed by atoms with Crippen molar-refractivity contribution in [1.29, 1.82) is 0 Å². The predicted molar refractivity (Wildman–Crippen MR) is 111 cm³/mol. The van der Waals surface area contributed by atoms with Crippen molar-refractivity contribution >= 4 is 17.2 Å². The fraction of sp³-hybridized carbons (Fsp3) is 0.333. The number of thiophene rings is 1. The molecular formula is C21H25FN4OS. The molecule has 0 saturated heterocycles. The summed E-state index contributed by atoms with van der Waals surface area (Å²) in [6.45, 7) is 4.38. The first kappa shape index (κ1) is 20.2. The number of halogens is 1. The minimum atomic E-state index is -0.291. The highest BCUT2D eigenvalue weighted by Crippen LogP contribution is 2.33. The van der Waals surface area contributed by atoms with Crippen LogP contribution in [0, 0.1) is 12.7 Å². The summed E-state index contributed by atoms with van der Waals surface area (Å²) in [5.74, 6) is -0.451. The Morgan fingerprint density at radius 2 is 2.18 bits per heavy atom. The second-order valence-corrected chi connectivity index (χ2v) is 8.07. The number of hydrogen-bond acceptors (Lipinski definition) is 4. The van der Waals surface area contributed by atoms with Crippen LogP contribution in [-0.4, -0.2) is 28.3 Å². The molecule has 0 radical (unpaired) electrons. The molecule has 28 heavy (non-hydrogen) atoms. The van der Waals surface area contributed by atoms with Gasteiger partial charge in [0.15, 0.2) is 0 Å². The highest BCUT2D eigenvalue weighted by molar-refractivity contribution is 7.14. The van der Waals surface area contributed by atoms with Gasteiger partial charge in [-0.15, -0.1) is 11.3 Å². The average molecular weight is 401 g/mol. The molecule has 0 bridgehead atoms. The van der Waals surface area contributed by atoms with Crippen LogP contribution in [0.1, 0.15) is 32.6 Å². The minimum Gasteiger partial charge on any atom is -0.347 e. The number of aromatic nitrogens is 2. The van der Waals surface area contributed by atoms with E-state index in [4.69, 9.17) is 5.73 Å². The molecule has 3 rings (SSSR count). The van der Waals surface area contributed by atoms with Crippen LogP contribution in [0.4, 0.5) is 4.39 Å². The number of nitrogens with zero attached hydrogens (tertiary/aromatic N) is 2. The van der Waals surface area contributed by atoms with E-state index in [9.17, 15) is 9.18 Å². The smallest absolute Gasteiger partial charge is 0.261 e. The Balaban J connectivity index is 1.78. The molecular weight excluding hydrogens is 375 g/mol. The van der Waals surface area contributed by atoms with Crippen LogP contribution in [0.15, 0.2) is 36.5 Å². The number of nitrogens with two attached hydrogens (primary N) is 1. The van der Waals surface area contributed by atoms with Crippen molar-refractivity contribution in [2.75, 3.05) is 6.54 Å². The first-order valence-corrected chi connectivity index (χ1v) is 10.1. The van der Waals surface area contributed by atoms with Crippen molar-refractivity contribution in [3.05, 3.63) is 63.2 Å². The molecule has 3 aromatic rings. The number of amides is 1. The number of carbonyl (C=O) groups excluding carboxylic acids is 1. The Kier molecular flexibility index (Phi) is 6.26. The summed E-state index contributed by atoms with van der Waals surface area (Å²) in [7, 11) is 1.91. The monoisotopic (exact) mass is 400 g/mol. The maximum absolute atomic E-state index is 13.4. The summed E-state index contributed by atoms with van der Waals surface area (Å²) < 4.78 is 15.3. The zero-order valence-electron chi connectivity index (χ0n) is 16.3.